The monoisotopic (exact) mass is 499 g/mol. The lowest BCUT2D eigenvalue weighted by Gasteiger charge is -2.26. The number of likely N-dealkylation sites (tertiary alicyclic amines) is 1. The van der Waals surface area contributed by atoms with Crippen molar-refractivity contribution in [1.29, 1.82) is 0 Å². The number of rotatable bonds is 9. The Labute approximate surface area is 210 Å². The third-order valence-electron chi connectivity index (χ3n) is 6.33. The number of methoxy groups -OCH3 is 3. The Kier molecular flexibility index (Phi) is 8.09. The maximum Gasteiger partial charge on any atom is 0.354 e. The minimum absolute atomic E-state index is 0.0568. The van der Waals surface area contributed by atoms with Gasteiger partial charge in [0.05, 0.1) is 32.9 Å². The van der Waals surface area contributed by atoms with Crippen LogP contribution in [0.15, 0.2) is 23.8 Å². The Morgan fingerprint density at radius 2 is 1.78 bits per heavy atom. The molecule has 1 amide bonds. The highest BCUT2D eigenvalue weighted by atomic mass is 16.5. The molecule has 0 aliphatic carbocycles. The van der Waals surface area contributed by atoms with Gasteiger partial charge in [-0.3, -0.25) is 9.59 Å². The molecule has 0 spiro atoms. The van der Waals surface area contributed by atoms with Crippen molar-refractivity contribution in [1.82, 2.24) is 14.8 Å². The van der Waals surface area contributed by atoms with Crippen LogP contribution in [0.3, 0.4) is 0 Å². The number of hydrogen-bond acceptors (Lipinski definition) is 8. The molecule has 10 nitrogen and oxygen atoms in total. The number of nitrogens with one attached hydrogen (secondary N) is 1. The van der Waals surface area contributed by atoms with Crippen LogP contribution >= 0.6 is 0 Å². The quantitative estimate of drug-likeness (QED) is 0.234. The minimum Gasteiger partial charge on any atom is -0.507 e. The fourth-order valence-corrected chi connectivity index (χ4v) is 4.58. The third kappa shape index (κ3) is 4.81. The maximum atomic E-state index is 13.3. The fourth-order valence-electron chi connectivity index (χ4n) is 4.58. The molecular weight excluding hydrogens is 466 g/mol. The summed E-state index contributed by atoms with van der Waals surface area (Å²) in [5.41, 5.74) is 1.86. The first-order valence-corrected chi connectivity index (χ1v) is 11.5. The number of H-pyrrole nitrogens is 1. The van der Waals surface area contributed by atoms with Gasteiger partial charge in [-0.15, -0.1) is 0 Å². The molecule has 1 aromatic carbocycles. The number of aromatic amines is 1. The van der Waals surface area contributed by atoms with Crippen LogP contribution in [0, 0.1) is 13.8 Å². The molecule has 36 heavy (non-hydrogen) atoms. The van der Waals surface area contributed by atoms with E-state index in [-0.39, 0.29) is 22.6 Å². The molecule has 194 valence electrons. The number of aryl methyl sites for hydroxylation is 1. The van der Waals surface area contributed by atoms with E-state index in [0.29, 0.717) is 47.8 Å². The van der Waals surface area contributed by atoms with Crippen molar-refractivity contribution in [3.05, 3.63) is 51.9 Å². The predicted octanol–water partition coefficient (Wildman–Crippen LogP) is 2.81. The molecule has 2 N–H and O–H groups in total. The molecule has 0 bridgehead atoms. The van der Waals surface area contributed by atoms with Crippen LogP contribution in [0.2, 0.25) is 0 Å². The van der Waals surface area contributed by atoms with E-state index in [1.807, 2.05) is 19.0 Å². The summed E-state index contributed by atoms with van der Waals surface area (Å²) in [6.07, 6.45) is 0.624. The molecule has 1 aromatic heterocycles. The van der Waals surface area contributed by atoms with Crippen LogP contribution in [0.4, 0.5) is 0 Å². The zero-order valence-electron chi connectivity index (χ0n) is 21.7. The number of aromatic nitrogens is 1. The molecule has 1 atom stereocenters. The summed E-state index contributed by atoms with van der Waals surface area (Å²) in [6.45, 7) is 4.33. The zero-order valence-corrected chi connectivity index (χ0v) is 21.7. The Balaban J connectivity index is 2.22. The zero-order chi connectivity index (χ0) is 26.7. The lowest BCUT2D eigenvalue weighted by Crippen LogP contribution is -2.32. The number of Topliss-reactive ketones (excluding diaryl/α,β-unsaturated/α-hetero) is 1. The van der Waals surface area contributed by atoms with E-state index in [9.17, 15) is 19.5 Å². The second-order valence-corrected chi connectivity index (χ2v) is 8.88. The topological polar surface area (TPSA) is 121 Å². The van der Waals surface area contributed by atoms with Crippen molar-refractivity contribution in [3.63, 3.8) is 0 Å². The van der Waals surface area contributed by atoms with Crippen molar-refractivity contribution in [2.24, 2.45) is 0 Å². The number of esters is 1. The summed E-state index contributed by atoms with van der Waals surface area (Å²) in [7, 11) is 8.12. The average molecular weight is 500 g/mol. The van der Waals surface area contributed by atoms with Gasteiger partial charge < -0.3 is 34.1 Å². The normalized spacial score (nSPS) is 17.1. The number of ketones is 1. The summed E-state index contributed by atoms with van der Waals surface area (Å²) < 4.78 is 15.6. The Morgan fingerprint density at radius 1 is 1.11 bits per heavy atom. The number of carbonyl (C=O) groups excluding carboxylic acids is 3. The number of ether oxygens (including phenoxy) is 3. The van der Waals surface area contributed by atoms with Gasteiger partial charge in [0.15, 0.2) is 11.5 Å². The van der Waals surface area contributed by atoms with Crippen molar-refractivity contribution in [2.75, 3.05) is 48.5 Å². The molecule has 0 radical (unpaired) electrons. The number of benzene rings is 1. The number of aliphatic hydroxyl groups excluding tert-OH is 1. The van der Waals surface area contributed by atoms with Gasteiger partial charge in [0.1, 0.15) is 11.5 Å². The Bertz CT molecular complexity index is 1210. The van der Waals surface area contributed by atoms with E-state index in [1.54, 1.807) is 32.0 Å². The summed E-state index contributed by atoms with van der Waals surface area (Å²) in [4.78, 5) is 45.1. The van der Waals surface area contributed by atoms with Gasteiger partial charge >= 0.3 is 5.97 Å². The number of nitrogens with zero attached hydrogens (tertiary/aromatic N) is 2. The van der Waals surface area contributed by atoms with Gasteiger partial charge in [0.25, 0.3) is 11.7 Å². The van der Waals surface area contributed by atoms with E-state index in [2.05, 4.69) is 4.98 Å². The van der Waals surface area contributed by atoms with Crippen molar-refractivity contribution < 1.29 is 33.7 Å². The Hall–Kier alpha value is -3.79. The highest BCUT2D eigenvalue weighted by Crippen LogP contribution is 2.43. The molecular formula is C26H33N3O7. The van der Waals surface area contributed by atoms with Gasteiger partial charge in [-0.25, -0.2) is 4.79 Å². The van der Waals surface area contributed by atoms with Crippen molar-refractivity contribution >= 4 is 23.4 Å². The van der Waals surface area contributed by atoms with Gasteiger partial charge in [-0.2, -0.15) is 0 Å². The van der Waals surface area contributed by atoms with Gasteiger partial charge in [0.2, 0.25) is 0 Å². The molecule has 0 unspecified atom stereocenters. The summed E-state index contributed by atoms with van der Waals surface area (Å²) >= 11 is 0. The van der Waals surface area contributed by atoms with Crippen LogP contribution in [-0.4, -0.2) is 86.1 Å². The lowest BCUT2D eigenvalue weighted by atomic mass is 9.93. The van der Waals surface area contributed by atoms with E-state index in [0.717, 1.165) is 0 Å². The first-order valence-electron chi connectivity index (χ1n) is 11.5. The third-order valence-corrected chi connectivity index (χ3v) is 6.33. The number of carbonyl (C=O) groups is 3. The molecule has 2 heterocycles. The fraction of sp³-hybridized carbons (Fsp3) is 0.423. The van der Waals surface area contributed by atoms with E-state index >= 15 is 0 Å². The van der Waals surface area contributed by atoms with Crippen molar-refractivity contribution in [2.45, 2.75) is 26.3 Å². The molecule has 1 aliphatic heterocycles. The van der Waals surface area contributed by atoms with Gasteiger partial charge in [-0.05, 0) is 64.2 Å². The molecule has 1 fully saturated rings. The first kappa shape index (κ1) is 26.8. The van der Waals surface area contributed by atoms with Gasteiger partial charge in [0, 0.05) is 17.8 Å². The van der Waals surface area contributed by atoms with E-state index in [1.165, 1.54) is 26.2 Å². The molecule has 2 aromatic rings. The standard InChI is InChI=1S/C26H33N3O7/c1-14-19(15(2)27-21(14)26(33)36-7)23(30)20-22(16-9-10-17(34-5)18(13-16)35-6)29(25(32)24(20)31)12-8-11-28(3)4/h9-10,13,22,27,30H,8,11-12H2,1-7H3/b23-20+/t22-/m1/s1. The van der Waals surface area contributed by atoms with Crippen molar-refractivity contribution in [3.8, 4) is 11.5 Å². The van der Waals surface area contributed by atoms with Crippen LogP contribution in [0.1, 0.15) is 45.3 Å². The minimum atomic E-state index is -0.859. The first-order chi connectivity index (χ1) is 17.1. The molecule has 1 aliphatic rings. The number of amides is 1. The summed E-state index contributed by atoms with van der Waals surface area (Å²) in [6, 6.07) is 4.26. The van der Waals surface area contributed by atoms with E-state index in [4.69, 9.17) is 14.2 Å². The molecule has 10 heteroatoms. The van der Waals surface area contributed by atoms with Crippen LogP contribution in [0.5, 0.6) is 11.5 Å². The second kappa shape index (κ2) is 10.9. The van der Waals surface area contributed by atoms with Crippen LogP contribution in [0.25, 0.3) is 5.76 Å². The summed E-state index contributed by atoms with van der Waals surface area (Å²) in [5.74, 6) is -1.53. The van der Waals surface area contributed by atoms with E-state index < -0.39 is 23.7 Å². The van der Waals surface area contributed by atoms with Gasteiger partial charge in [-0.1, -0.05) is 6.07 Å². The average Bonchev–Trinajstić information content (AvgIpc) is 3.29. The smallest absolute Gasteiger partial charge is 0.354 e. The lowest BCUT2D eigenvalue weighted by molar-refractivity contribution is -0.139. The molecule has 1 saturated heterocycles. The number of aliphatic hydroxyl groups is 1. The highest BCUT2D eigenvalue weighted by Gasteiger charge is 2.46. The Morgan fingerprint density at radius 3 is 2.36 bits per heavy atom. The van der Waals surface area contributed by atoms with Crippen LogP contribution in [-0.2, 0) is 14.3 Å². The maximum absolute atomic E-state index is 13.3. The highest BCUT2D eigenvalue weighted by molar-refractivity contribution is 6.46. The molecule has 3 rings (SSSR count). The second-order valence-electron chi connectivity index (χ2n) is 8.88. The molecule has 0 saturated carbocycles. The SMILES string of the molecule is COC(=O)c1[nH]c(C)c(/C(O)=C2\C(=O)C(=O)N(CCCN(C)C)[C@@H]2c2ccc(OC)c(OC)c2)c1C. The number of hydrogen-bond donors (Lipinski definition) is 2. The predicted molar refractivity (Wildman–Crippen MR) is 133 cm³/mol. The summed E-state index contributed by atoms with van der Waals surface area (Å²) in [5, 5.41) is 11.5. The van der Waals surface area contributed by atoms with Crippen LogP contribution < -0.4 is 9.47 Å². The largest absolute Gasteiger partial charge is 0.507 e.